The van der Waals surface area contributed by atoms with Gasteiger partial charge in [0.05, 0.1) is 0 Å². The Morgan fingerprint density at radius 3 is 2.67 bits per heavy atom. The molecule has 0 aromatic rings. The van der Waals surface area contributed by atoms with Crippen molar-refractivity contribution in [2.24, 2.45) is 5.92 Å². The molecule has 1 atom stereocenters. The summed E-state index contributed by atoms with van der Waals surface area (Å²) in [4.78, 5) is 0. The number of piperidine rings is 1. The molecule has 0 aromatic heterocycles. The van der Waals surface area contributed by atoms with Crippen LogP contribution in [-0.4, -0.2) is 55.9 Å². The van der Waals surface area contributed by atoms with E-state index in [0.29, 0.717) is 31.6 Å². The first kappa shape index (κ1) is 16.1. The van der Waals surface area contributed by atoms with E-state index in [2.05, 4.69) is 16.3 Å². The molecule has 2 saturated carbocycles. The average molecular weight is 334 g/mol. The molecule has 0 amide bonds. The highest BCUT2D eigenvalue weighted by molar-refractivity contribution is 8.00. The molecule has 2 N–H and O–H groups in total. The van der Waals surface area contributed by atoms with Crippen LogP contribution in [0.1, 0.15) is 38.5 Å². The van der Waals surface area contributed by atoms with E-state index in [0.717, 1.165) is 32.2 Å². The Bertz CT molecular complexity index is 461. The lowest BCUT2D eigenvalue weighted by atomic mass is 10.00. The third kappa shape index (κ3) is 4.34. The molecule has 0 aromatic carbocycles. The summed E-state index contributed by atoms with van der Waals surface area (Å²) >= 11 is 1.79. The lowest BCUT2D eigenvalue weighted by molar-refractivity contribution is 0.257. The van der Waals surface area contributed by atoms with Gasteiger partial charge in [-0.3, -0.25) is 0 Å². The van der Waals surface area contributed by atoms with Crippen LogP contribution in [0.25, 0.3) is 0 Å². The van der Waals surface area contributed by atoms with Crippen LogP contribution in [0, 0.1) is 5.92 Å². The summed E-state index contributed by atoms with van der Waals surface area (Å²) in [7, 11) is -3.30. The molecular weight excluding hydrogens is 306 g/mol. The van der Waals surface area contributed by atoms with Crippen molar-refractivity contribution in [2.45, 2.75) is 49.3 Å². The van der Waals surface area contributed by atoms with E-state index in [-0.39, 0.29) is 4.75 Å². The zero-order valence-corrected chi connectivity index (χ0v) is 14.4. The molecule has 1 aliphatic heterocycles. The summed E-state index contributed by atoms with van der Waals surface area (Å²) in [6, 6.07) is 0.700. The van der Waals surface area contributed by atoms with Gasteiger partial charge in [0.15, 0.2) is 0 Å². The summed E-state index contributed by atoms with van der Waals surface area (Å²) < 4.78 is 29.6. The molecule has 122 valence electrons. The fourth-order valence-corrected chi connectivity index (χ4v) is 5.18. The minimum Gasteiger partial charge on any atom is -0.314 e. The molecule has 3 aliphatic rings. The highest BCUT2D eigenvalue weighted by atomic mass is 32.2. The Balaban J connectivity index is 1.48. The first-order valence-corrected chi connectivity index (χ1v) is 10.7. The van der Waals surface area contributed by atoms with Crippen molar-refractivity contribution in [1.82, 2.24) is 14.3 Å². The summed E-state index contributed by atoms with van der Waals surface area (Å²) in [5.74, 6) is 0.464. The molecule has 0 bridgehead atoms. The molecule has 5 nitrogen and oxygen atoms in total. The van der Waals surface area contributed by atoms with Crippen LogP contribution >= 0.6 is 11.8 Å². The van der Waals surface area contributed by atoms with E-state index >= 15 is 0 Å². The van der Waals surface area contributed by atoms with Gasteiger partial charge in [0, 0.05) is 30.4 Å². The first-order chi connectivity index (χ1) is 10.0. The van der Waals surface area contributed by atoms with E-state index in [4.69, 9.17) is 0 Å². The molecule has 0 spiro atoms. The number of nitrogens with one attached hydrogen (secondary N) is 2. The molecule has 2 aliphatic carbocycles. The standard InChI is InChI=1S/C14H27N3O2S2/c1-20-14(6-7-14)11-16-21(18,19)17-8-2-3-12(10-17)9-15-13-4-5-13/h12-13,15-16H,2-11H2,1H3. The van der Waals surface area contributed by atoms with Crippen LogP contribution in [0.15, 0.2) is 0 Å². The van der Waals surface area contributed by atoms with E-state index in [1.807, 2.05) is 0 Å². The normalized spacial score (nSPS) is 29.5. The molecule has 0 radical (unpaired) electrons. The summed E-state index contributed by atoms with van der Waals surface area (Å²) in [6.07, 6.45) is 9.02. The predicted molar refractivity (Wildman–Crippen MR) is 87.7 cm³/mol. The highest BCUT2D eigenvalue weighted by Gasteiger charge is 2.43. The Hall–Kier alpha value is 0.180. The summed E-state index contributed by atoms with van der Waals surface area (Å²) in [6.45, 7) is 2.88. The van der Waals surface area contributed by atoms with Crippen LogP contribution in [0.2, 0.25) is 0 Å². The van der Waals surface area contributed by atoms with Crippen molar-refractivity contribution in [3.8, 4) is 0 Å². The van der Waals surface area contributed by atoms with Crippen molar-refractivity contribution < 1.29 is 8.42 Å². The topological polar surface area (TPSA) is 61.4 Å². The predicted octanol–water partition coefficient (Wildman–Crippen LogP) is 1.18. The van der Waals surface area contributed by atoms with Crippen molar-refractivity contribution in [3.05, 3.63) is 0 Å². The maximum atomic E-state index is 12.5. The molecule has 21 heavy (non-hydrogen) atoms. The van der Waals surface area contributed by atoms with E-state index in [1.54, 1.807) is 16.1 Å². The zero-order chi connectivity index (χ0) is 14.9. The molecule has 3 rings (SSSR count). The number of rotatable bonds is 8. The van der Waals surface area contributed by atoms with Gasteiger partial charge < -0.3 is 5.32 Å². The van der Waals surface area contributed by atoms with Crippen molar-refractivity contribution in [1.29, 1.82) is 0 Å². The van der Waals surface area contributed by atoms with Crippen molar-refractivity contribution in [2.75, 3.05) is 32.4 Å². The quantitative estimate of drug-likeness (QED) is 0.700. The zero-order valence-electron chi connectivity index (χ0n) is 12.8. The largest absolute Gasteiger partial charge is 0.314 e. The fourth-order valence-electron chi connectivity index (χ4n) is 2.94. The number of thioether (sulfide) groups is 1. The van der Waals surface area contributed by atoms with Gasteiger partial charge in [0.25, 0.3) is 10.2 Å². The van der Waals surface area contributed by atoms with Crippen molar-refractivity contribution in [3.63, 3.8) is 0 Å². The first-order valence-electron chi connectivity index (χ1n) is 8.06. The smallest absolute Gasteiger partial charge is 0.279 e. The second kappa shape index (κ2) is 6.35. The molecule has 3 fully saturated rings. The second-order valence-electron chi connectivity index (χ2n) is 6.76. The van der Waals surface area contributed by atoms with Gasteiger partial charge in [-0.2, -0.15) is 24.5 Å². The lowest BCUT2D eigenvalue weighted by Crippen LogP contribution is -2.49. The van der Waals surface area contributed by atoms with E-state index < -0.39 is 10.2 Å². The Morgan fingerprint density at radius 1 is 1.29 bits per heavy atom. The monoisotopic (exact) mass is 333 g/mol. The number of hydrogen-bond acceptors (Lipinski definition) is 4. The minimum absolute atomic E-state index is 0.176. The molecule has 1 unspecified atom stereocenters. The van der Waals surface area contributed by atoms with Crippen molar-refractivity contribution >= 4 is 22.0 Å². The van der Waals surface area contributed by atoms with Gasteiger partial charge in [0.1, 0.15) is 0 Å². The maximum Gasteiger partial charge on any atom is 0.279 e. The van der Waals surface area contributed by atoms with Gasteiger partial charge in [0.2, 0.25) is 0 Å². The second-order valence-corrected chi connectivity index (χ2v) is 9.79. The summed E-state index contributed by atoms with van der Waals surface area (Å²) in [5.41, 5.74) is 0. The van der Waals surface area contributed by atoms with E-state index in [1.165, 1.54) is 12.8 Å². The Kier molecular flexibility index (Phi) is 4.86. The van der Waals surface area contributed by atoms with Gasteiger partial charge in [-0.1, -0.05) is 0 Å². The number of hydrogen-bond donors (Lipinski definition) is 2. The Labute approximate surface area is 132 Å². The maximum absolute atomic E-state index is 12.5. The van der Waals surface area contributed by atoms with Crippen LogP contribution in [0.4, 0.5) is 0 Å². The number of nitrogens with zero attached hydrogens (tertiary/aromatic N) is 1. The van der Waals surface area contributed by atoms with Gasteiger partial charge in [-0.25, -0.2) is 4.72 Å². The van der Waals surface area contributed by atoms with E-state index in [9.17, 15) is 8.42 Å². The van der Waals surface area contributed by atoms with Crippen LogP contribution < -0.4 is 10.0 Å². The third-order valence-corrected chi connectivity index (χ3v) is 7.85. The van der Waals surface area contributed by atoms with Crippen LogP contribution in [0.5, 0.6) is 0 Å². The molecule has 1 saturated heterocycles. The molecule has 1 heterocycles. The lowest BCUT2D eigenvalue weighted by Gasteiger charge is -2.32. The fraction of sp³-hybridized carbons (Fsp3) is 1.00. The average Bonchev–Trinajstić information content (AvgIpc) is 3.39. The SMILES string of the molecule is CSC1(CNS(=O)(=O)N2CCCC(CNC3CC3)C2)CC1. The third-order valence-electron chi connectivity index (χ3n) is 4.91. The molecule has 7 heteroatoms. The molecular formula is C14H27N3O2S2. The summed E-state index contributed by atoms with van der Waals surface area (Å²) in [5, 5.41) is 3.53. The van der Waals surface area contributed by atoms with Gasteiger partial charge >= 0.3 is 0 Å². The van der Waals surface area contributed by atoms with Gasteiger partial charge in [-0.15, -0.1) is 0 Å². The highest BCUT2D eigenvalue weighted by Crippen LogP contribution is 2.46. The Morgan fingerprint density at radius 2 is 2.05 bits per heavy atom. The van der Waals surface area contributed by atoms with Crippen LogP contribution in [0.3, 0.4) is 0 Å². The van der Waals surface area contributed by atoms with Gasteiger partial charge in [-0.05, 0) is 57.2 Å². The minimum atomic E-state index is -3.30. The van der Waals surface area contributed by atoms with Crippen LogP contribution in [-0.2, 0) is 10.2 Å².